The fourth-order valence-electron chi connectivity index (χ4n) is 2.11. The number of carbonyl (C=O) groups excluding carboxylic acids is 1. The first-order chi connectivity index (χ1) is 10.6. The fraction of sp³-hybridized carbons (Fsp3) is 0.500. The monoisotopic (exact) mass is 322 g/mol. The third-order valence-corrected chi connectivity index (χ3v) is 3.91. The first kappa shape index (κ1) is 16.6. The van der Waals surface area contributed by atoms with Crippen LogP contribution in [-0.2, 0) is 4.79 Å². The Kier molecular flexibility index (Phi) is 6.07. The molecule has 1 aromatic rings. The highest BCUT2D eigenvalue weighted by atomic mass is 35.5. The van der Waals surface area contributed by atoms with E-state index in [9.17, 15) is 4.79 Å². The van der Waals surface area contributed by atoms with Crippen molar-refractivity contribution < 1.29 is 4.79 Å². The van der Waals surface area contributed by atoms with Gasteiger partial charge in [-0.15, -0.1) is 0 Å². The highest BCUT2D eigenvalue weighted by Crippen LogP contribution is 2.28. The van der Waals surface area contributed by atoms with Gasteiger partial charge in [-0.2, -0.15) is 0 Å². The van der Waals surface area contributed by atoms with Crippen LogP contribution in [-0.4, -0.2) is 31.5 Å². The lowest BCUT2D eigenvalue weighted by atomic mass is 10.2. The average molecular weight is 323 g/mol. The highest BCUT2D eigenvalue weighted by Gasteiger charge is 2.33. The number of aliphatic imine (C=N–C) groups is 1. The van der Waals surface area contributed by atoms with Crippen molar-refractivity contribution >= 4 is 29.2 Å². The average Bonchev–Trinajstić information content (AvgIpc) is 3.20. The lowest BCUT2D eigenvalue weighted by Gasteiger charge is -2.11. The predicted molar refractivity (Wildman–Crippen MR) is 91.4 cm³/mol. The number of rotatable bonds is 6. The Morgan fingerprint density at radius 3 is 2.64 bits per heavy atom. The Bertz CT molecular complexity index is 529. The number of anilines is 1. The van der Waals surface area contributed by atoms with Gasteiger partial charge in [0.05, 0.1) is 0 Å². The molecule has 0 spiro atoms. The number of nitrogens with one attached hydrogen (secondary N) is 3. The van der Waals surface area contributed by atoms with Gasteiger partial charge in [0, 0.05) is 36.8 Å². The van der Waals surface area contributed by atoms with Crippen LogP contribution in [0.25, 0.3) is 0 Å². The molecule has 6 heteroatoms. The van der Waals surface area contributed by atoms with Gasteiger partial charge >= 0.3 is 0 Å². The summed E-state index contributed by atoms with van der Waals surface area (Å²) in [7, 11) is 1.76. The van der Waals surface area contributed by atoms with Crippen molar-refractivity contribution in [3.8, 4) is 0 Å². The first-order valence-electron chi connectivity index (χ1n) is 7.61. The van der Waals surface area contributed by atoms with Crippen LogP contribution in [0.3, 0.4) is 0 Å². The Balaban J connectivity index is 1.61. The molecule has 2 unspecified atom stereocenters. The smallest absolute Gasteiger partial charge is 0.224 e. The molecule has 2 rings (SSSR count). The number of benzene rings is 1. The molecule has 1 aliphatic carbocycles. The Hall–Kier alpha value is -1.75. The number of hydrogen-bond donors (Lipinski definition) is 3. The van der Waals surface area contributed by atoms with Crippen LogP contribution >= 0.6 is 11.6 Å². The maximum atomic E-state index is 11.8. The van der Waals surface area contributed by atoms with Crippen molar-refractivity contribution in [1.29, 1.82) is 0 Å². The van der Waals surface area contributed by atoms with Gasteiger partial charge in [0.1, 0.15) is 0 Å². The van der Waals surface area contributed by atoms with Crippen molar-refractivity contribution in [2.75, 3.05) is 18.9 Å². The number of halogens is 1. The molecular formula is C16H23ClN4O. The SMILES string of the molecule is CN=C(NCCCC(=O)Nc1ccc(Cl)cc1)NC1CC1C. The van der Waals surface area contributed by atoms with Crippen LogP contribution in [0.15, 0.2) is 29.3 Å². The second-order valence-corrected chi connectivity index (χ2v) is 6.06. The Morgan fingerprint density at radius 2 is 2.05 bits per heavy atom. The van der Waals surface area contributed by atoms with E-state index < -0.39 is 0 Å². The van der Waals surface area contributed by atoms with Gasteiger partial charge < -0.3 is 16.0 Å². The van der Waals surface area contributed by atoms with Gasteiger partial charge in [-0.1, -0.05) is 18.5 Å². The zero-order chi connectivity index (χ0) is 15.9. The van der Waals surface area contributed by atoms with Crippen molar-refractivity contribution in [3.05, 3.63) is 29.3 Å². The molecular weight excluding hydrogens is 300 g/mol. The molecule has 0 radical (unpaired) electrons. The van der Waals surface area contributed by atoms with Crippen LogP contribution in [0.2, 0.25) is 5.02 Å². The fourth-order valence-corrected chi connectivity index (χ4v) is 2.23. The van der Waals surface area contributed by atoms with Crippen molar-refractivity contribution in [3.63, 3.8) is 0 Å². The maximum Gasteiger partial charge on any atom is 0.224 e. The van der Waals surface area contributed by atoms with E-state index in [2.05, 4.69) is 27.9 Å². The molecule has 22 heavy (non-hydrogen) atoms. The molecule has 0 aromatic heterocycles. The minimum atomic E-state index is 0.00267. The summed E-state index contributed by atoms with van der Waals surface area (Å²) in [5.74, 6) is 1.54. The molecule has 0 saturated heterocycles. The van der Waals surface area contributed by atoms with E-state index in [4.69, 9.17) is 11.6 Å². The first-order valence-corrected chi connectivity index (χ1v) is 7.99. The second kappa shape index (κ2) is 8.03. The van der Waals surface area contributed by atoms with Crippen molar-refractivity contribution in [2.45, 2.75) is 32.2 Å². The van der Waals surface area contributed by atoms with Crippen LogP contribution in [0.5, 0.6) is 0 Å². The Labute approximate surface area is 136 Å². The van der Waals surface area contributed by atoms with Gasteiger partial charge in [0.25, 0.3) is 0 Å². The molecule has 0 aliphatic heterocycles. The van der Waals surface area contributed by atoms with Gasteiger partial charge in [0.2, 0.25) is 5.91 Å². The molecule has 1 saturated carbocycles. The number of hydrogen-bond acceptors (Lipinski definition) is 2. The summed E-state index contributed by atoms with van der Waals surface area (Å²) in [6, 6.07) is 7.64. The van der Waals surface area contributed by atoms with Gasteiger partial charge in [-0.3, -0.25) is 9.79 Å². The molecule has 1 amide bonds. The second-order valence-electron chi connectivity index (χ2n) is 5.62. The molecule has 2 atom stereocenters. The van der Waals surface area contributed by atoms with Gasteiger partial charge in [0.15, 0.2) is 5.96 Å². The third kappa shape index (κ3) is 5.56. The molecule has 1 aliphatic rings. The van der Waals surface area contributed by atoms with Gasteiger partial charge in [-0.05, 0) is 43.0 Å². The predicted octanol–water partition coefficient (Wildman–Crippen LogP) is 2.63. The standard InChI is InChI=1S/C16H23ClN4O/c1-11-10-14(11)21-16(18-2)19-9-3-4-15(22)20-13-7-5-12(17)6-8-13/h5-8,11,14H,3-4,9-10H2,1-2H3,(H,20,22)(H2,18,19,21). The van der Waals surface area contributed by atoms with Crippen molar-refractivity contribution in [1.82, 2.24) is 10.6 Å². The van der Waals surface area contributed by atoms with E-state index in [1.807, 2.05) is 0 Å². The number of guanidine groups is 1. The summed E-state index contributed by atoms with van der Waals surface area (Å²) in [6.07, 6.45) is 2.41. The van der Waals surface area contributed by atoms with E-state index in [-0.39, 0.29) is 5.91 Å². The summed E-state index contributed by atoms with van der Waals surface area (Å²) in [5.41, 5.74) is 0.766. The molecule has 1 aromatic carbocycles. The van der Waals surface area contributed by atoms with E-state index in [1.54, 1.807) is 31.3 Å². The molecule has 5 nitrogen and oxygen atoms in total. The van der Waals surface area contributed by atoms with Crippen LogP contribution in [0, 0.1) is 5.92 Å². The topological polar surface area (TPSA) is 65.5 Å². The lowest BCUT2D eigenvalue weighted by molar-refractivity contribution is -0.116. The van der Waals surface area contributed by atoms with Crippen LogP contribution < -0.4 is 16.0 Å². The zero-order valence-electron chi connectivity index (χ0n) is 13.0. The summed E-state index contributed by atoms with van der Waals surface area (Å²) >= 11 is 5.81. The highest BCUT2D eigenvalue weighted by molar-refractivity contribution is 6.30. The lowest BCUT2D eigenvalue weighted by Crippen LogP contribution is -2.39. The largest absolute Gasteiger partial charge is 0.356 e. The van der Waals surface area contributed by atoms with Crippen LogP contribution in [0.1, 0.15) is 26.2 Å². The summed E-state index contributed by atoms with van der Waals surface area (Å²) in [6.45, 7) is 2.93. The summed E-state index contributed by atoms with van der Waals surface area (Å²) < 4.78 is 0. The molecule has 3 N–H and O–H groups in total. The summed E-state index contributed by atoms with van der Waals surface area (Å²) in [4.78, 5) is 16.0. The number of carbonyl (C=O) groups is 1. The maximum absolute atomic E-state index is 11.8. The molecule has 1 fully saturated rings. The van der Waals surface area contributed by atoms with E-state index in [0.717, 1.165) is 30.5 Å². The minimum Gasteiger partial charge on any atom is -0.356 e. The molecule has 120 valence electrons. The van der Waals surface area contributed by atoms with E-state index in [0.29, 0.717) is 17.5 Å². The number of nitrogens with zero attached hydrogens (tertiary/aromatic N) is 1. The normalized spacial score (nSPS) is 20.4. The quantitative estimate of drug-likeness (QED) is 0.428. The van der Waals surface area contributed by atoms with E-state index in [1.165, 1.54) is 6.42 Å². The Morgan fingerprint density at radius 1 is 1.36 bits per heavy atom. The minimum absolute atomic E-state index is 0.00267. The molecule has 0 heterocycles. The zero-order valence-corrected chi connectivity index (χ0v) is 13.8. The third-order valence-electron chi connectivity index (χ3n) is 3.66. The molecule has 0 bridgehead atoms. The van der Waals surface area contributed by atoms with Crippen molar-refractivity contribution in [2.24, 2.45) is 10.9 Å². The summed E-state index contributed by atoms with van der Waals surface area (Å²) in [5, 5.41) is 10.1. The van der Waals surface area contributed by atoms with Crippen LogP contribution in [0.4, 0.5) is 5.69 Å². The van der Waals surface area contributed by atoms with Gasteiger partial charge in [-0.25, -0.2) is 0 Å². The number of amides is 1. The van der Waals surface area contributed by atoms with E-state index >= 15 is 0 Å².